The van der Waals surface area contributed by atoms with Gasteiger partial charge in [0.1, 0.15) is 5.54 Å². The lowest BCUT2D eigenvalue weighted by Crippen LogP contribution is -2.48. The Kier molecular flexibility index (Phi) is 4.86. The van der Waals surface area contributed by atoms with Crippen molar-refractivity contribution < 1.29 is 9.59 Å². The zero-order chi connectivity index (χ0) is 19.0. The molecule has 1 aromatic carbocycles. The number of carbonyl (C=O) groups excluding carboxylic acids is 2. The molecule has 2 saturated carbocycles. The van der Waals surface area contributed by atoms with Crippen LogP contribution in [-0.4, -0.2) is 28.8 Å². The second-order valence-corrected chi connectivity index (χ2v) is 8.54. The number of hydrogen-bond donors (Lipinski definition) is 1. The minimum Gasteiger partial charge on any atom is -0.338 e. The Labute approximate surface area is 164 Å². The van der Waals surface area contributed by atoms with E-state index in [9.17, 15) is 14.9 Å². The standard InChI is InChI=1S/C21H24ClN3O2/c22-16-6-5-14-7-10-25(12-15(14)11-16)20(27)18-4-2-1-3-17(18)19(26)24-21(13-23)8-9-21/h5-6,11,17-18H,1-4,7-10,12H2,(H,24,26)/t17-,18-/m1/s1. The Morgan fingerprint density at radius 3 is 2.63 bits per heavy atom. The summed E-state index contributed by atoms with van der Waals surface area (Å²) in [5.74, 6) is -0.651. The van der Waals surface area contributed by atoms with Crippen LogP contribution in [0.2, 0.25) is 5.02 Å². The van der Waals surface area contributed by atoms with Gasteiger partial charge >= 0.3 is 0 Å². The van der Waals surface area contributed by atoms with Gasteiger partial charge in [0.15, 0.2) is 0 Å². The Morgan fingerprint density at radius 1 is 1.19 bits per heavy atom. The molecule has 3 aliphatic rings. The average Bonchev–Trinajstić information content (AvgIpc) is 3.46. The number of nitrogens with zero attached hydrogens (tertiary/aromatic N) is 2. The third kappa shape index (κ3) is 3.68. The lowest BCUT2D eigenvalue weighted by atomic mass is 9.77. The first-order valence-corrected chi connectivity index (χ1v) is 10.2. The summed E-state index contributed by atoms with van der Waals surface area (Å²) in [7, 11) is 0. The molecular formula is C21H24ClN3O2. The molecular weight excluding hydrogens is 362 g/mol. The highest BCUT2D eigenvalue weighted by atomic mass is 35.5. The summed E-state index contributed by atoms with van der Waals surface area (Å²) in [6.07, 6.45) is 5.64. The van der Waals surface area contributed by atoms with Crippen molar-refractivity contribution in [3.8, 4) is 6.07 Å². The Hall–Kier alpha value is -2.06. The normalized spacial score (nSPS) is 25.9. The summed E-state index contributed by atoms with van der Waals surface area (Å²) in [5, 5.41) is 12.8. The molecule has 1 heterocycles. The first-order valence-electron chi connectivity index (χ1n) is 9.81. The van der Waals surface area contributed by atoms with Gasteiger partial charge in [-0.05, 0) is 55.4 Å². The Balaban J connectivity index is 1.48. The van der Waals surface area contributed by atoms with E-state index in [0.717, 1.165) is 37.7 Å². The van der Waals surface area contributed by atoms with E-state index in [0.29, 0.717) is 31.0 Å². The first kappa shape index (κ1) is 18.3. The molecule has 5 nitrogen and oxygen atoms in total. The van der Waals surface area contributed by atoms with Crippen molar-refractivity contribution in [3.05, 3.63) is 34.3 Å². The zero-order valence-electron chi connectivity index (χ0n) is 15.3. The summed E-state index contributed by atoms with van der Waals surface area (Å²) in [4.78, 5) is 27.9. The second-order valence-electron chi connectivity index (χ2n) is 8.10. The highest BCUT2D eigenvalue weighted by Crippen LogP contribution is 2.38. The number of nitrogens with one attached hydrogen (secondary N) is 1. The lowest BCUT2D eigenvalue weighted by Gasteiger charge is -2.36. The topological polar surface area (TPSA) is 73.2 Å². The van der Waals surface area contributed by atoms with E-state index in [-0.39, 0.29) is 23.7 Å². The molecule has 2 fully saturated rings. The third-order valence-electron chi connectivity index (χ3n) is 6.24. The monoisotopic (exact) mass is 385 g/mol. The van der Waals surface area contributed by atoms with E-state index >= 15 is 0 Å². The molecule has 0 spiro atoms. The number of benzene rings is 1. The van der Waals surface area contributed by atoms with Gasteiger partial charge in [-0.3, -0.25) is 9.59 Å². The largest absolute Gasteiger partial charge is 0.338 e. The third-order valence-corrected chi connectivity index (χ3v) is 6.47. The molecule has 0 bridgehead atoms. The quantitative estimate of drug-likeness (QED) is 0.868. The van der Waals surface area contributed by atoms with Gasteiger partial charge in [0.05, 0.1) is 6.07 Å². The molecule has 0 unspecified atom stereocenters. The molecule has 2 aliphatic carbocycles. The molecule has 2 atom stereocenters. The Morgan fingerprint density at radius 2 is 1.93 bits per heavy atom. The van der Waals surface area contributed by atoms with Crippen LogP contribution in [0.4, 0.5) is 0 Å². The van der Waals surface area contributed by atoms with Crippen molar-refractivity contribution in [1.29, 1.82) is 5.26 Å². The van der Waals surface area contributed by atoms with Crippen LogP contribution in [0.5, 0.6) is 0 Å². The van der Waals surface area contributed by atoms with E-state index < -0.39 is 5.54 Å². The van der Waals surface area contributed by atoms with Gasteiger partial charge < -0.3 is 10.2 Å². The Bertz CT molecular complexity index is 812. The summed E-state index contributed by atoms with van der Waals surface area (Å²) in [6.45, 7) is 1.24. The number of halogens is 1. The number of amides is 2. The minimum absolute atomic E-state index is 0.0716. The summed E-state index contributed by atoms with van der Waals surface area (Å²) < 4.78 is 0. The number of fused-ring (bicyclic) bond motifs is 1. The molecule has 0 radical (unpaired) electrons. The van der Waals surface area contributed by atoms with Crippen LogP contribution in [-0.2, 0) is 22.6 Å². The smallest absolute Gasteiger partial charge is 0.226 e. The van der Waals surface area contributed by atoms with Gasteiger partial charge in [0.25, 0.3) is 0 Å². The van der Waals surface area contributed by atoms with Crippen LogP contribution in [0.1, 0.15) is 49.7 Å². The first-order chi connectivity index (χ1) is 13.0. The molecule has 0 aromatic heterocycles. The maximum absolute atomic E-state index is 13.3. The summed E-state index contributed by atoms with van der Waals surface area (Å²) in [6, 6.07) is 8.07. The van der Waals surface area contributed by atoms with Crippen molar-refractivity contribution in [3.63, 3.8) is 0 Å². The highest BCUT2D eigenvalue weighted by Gasteiger charge is 2.47. The molecule has 142 valence electrons. The zero-order valence-corrected chi connectivity index (χ0v) is 16.1. The highest BCUT2D eigenvalue weighted by molar-refractivity contribution is 6.30. The van der Waals surface area contributed by atoms with E-state index in [1.807, 2.05) is 23.1 Å². The van der Waals surface area contributed by atoms with E-state index in [2.05, 4.69) is 11.4 Å². The number of hydrogen-bond acceptors (Lipinski definition) is 3. The number of rotatable bonds is 3. The maximum Gasteiger partial charge on any atom is 0.226 e. The molecule has 1 aromatic rings. The van der Waals surface area contributed by atoms with Crippen molar-refractivity contribution in [2.75, 3.05) is 6.54 Å². The number of nitriles is 1. The van der Waals surface area contributed by atoms with Gasteiger partial charge in [-0.1, -0.05) is 30.5 Å². The van der Waals surface area contributed by atoms with Crippen molar-refractivity contribution >= 4 is 23.4 Å². The van der Waals surface area contributed by atoms with Gasteiger partial charge in [0, 0.05) is 29.9 Å². The number of carbonyl (C=O) groups is 2. The SMILES string of the molecule is N#CC1(NC(=O)[C@@H]2CCCC[C@H]2C(=O)N2CCc3ccc(Cl)cc3C2)CC1. The molecule has 2 amide bonds. The molecule has 0 saturated heterocycles. The molecule has 6 heteroatoms. The van der Waals surface area contributed by atoms with Crippen LogP contribution < -0.4 is 5.32 Å². The van der Waals surface area contributed by atoms with E-state index in [1.165, 1.54) is 5.56 Å². The van der Waals surface area contributed by atoms with Gasteiger partial charge in [-0.2, -0.15) is 5.26 Å². The summed E-state index contributed by atoms with van der Waals surface area (Å²) >= 11 is 6.12. The minimum atomic E-state index is -0.678. The van der Waals surface area contributed by atoms with Gasteiger partial charge in [-0.15, -0.1) is 0 Å². The molecule has 1 N–H and O–H groups in total. The second kappa shape index (κ2) is 7.16. The van der Waals surface area contributed by atoms with E-state index in [1.54, 1.807) is 0 Å². The van der Waals surface area contributed by atoms with Crippen LogP contribution in [0.25, 0.3) is 0 Å². The predicted octanol–water partition coefficient (Wildman–Crippen LogP) is 3.20. The van der Waals surface area contributed by atoms with Crippen LogP contribution in [0.3, 0.4) is 0 Å². The van der Waals surface area contributed by atoms with Crippen LogP contribution in [0, 0.1) is 23.2 Å². The maximum atomic E-state index is 13.3. The lowest BCUT2D eigenvalue weighted by molar-refractivity contribution is -0.144. The van der Waals surface area contributed by atoms with Crippen LogP contribution in [0.15, 0.2) is 18.2 Å². The van der Waals surface area contributed by atoms with Crippen molar-refractivity contribution in [1.82, 2.24) is 10.2 Å². The molecule has 4 rings (SSSR count). The van der Waals surface area contributed by atoms with Gasteiger partial charge in [0.2, 0.25) is 11.8 Å². The van der Waals surface area contributed by atoms with Crippen LogP contribution >= 0.6 is 11.6 Å². The fourth-order valence-electron chi connectivity index (χ4n) is 4.41. The molecule has 27 heavy (non-hydrogen) atoms. The van der Waals surface area contributed by atoms with Crippen molar-refractivity contribution in [2.45, 2.75) is 57.0 Å². The van der Waals surface area contributed by atoms with Gasteiger partial charge in [-0.25, -0.2) is 0 Å². The summed E-state index contributed by atoms with van der Waals surface area (Å²) in [5.41, 5.74) is 1.66. The fraction of sp³-hybridized carbons (Fsp3) is 0.571. The predicted molar refractivity (Wildman–Crippen MR) is 102 cm³/mol. The molecule has 1 aliphatic heterocycles. The fourth-order valence-corrected chi connectivity index (χ4v) is 4.60. The van der Waals surface area contributed by atoms with E-state index in [4.69, 9.17) is 11.6 Å². The average molecular weight is 386 g/mol. The van der Waals surface area contributed by atoms with Crippen molar-refractivity contribution in [2.24, 2.45) is 11.8 Å².